The third-order valence-electron chi connectivity index (χ3n) is 3.33. The maximum absolute atomic E-state index is 11.4. The van der Waals surface area contributed by atoms with Gasteiger partial charge in [-0.1, -0.05) is 20.3 Å². The van der Waals surface area contributed by atoms with E-state index in [1.54, 1.807) is 0 Å². The molecule has 0 spiro atoms. The fraction of sp³-hybridized carbons (Fsp3) is 0.917. The van der Waals surface area contributed by atoms with Gasteiger partial charge in [0.25, 0.3) is 0 Å². The highest BCUT2D eigenvalue weighted by molar-refractivity contribution is 5.73. The molecule has 1 aliphatic rings. The molecule has 1 fully saturated rings. The SMILES string of the molecule is CCCCNC(=O)NCC1CNCCC1C. The minimum Gasteiger partial charge on any atom is -0.338 e. The van der Waals surface area contributed by atoms with E-state index < -0.39 is 0 Å². The minimum atomic E-state index is -0.0220. The summed E-state index contributed by atoms with van der Waals surface area (Å²) in [7, 11) is 0. The van der Waals surface area contributed by atoms with Crippen LogP contribution in [0.2, 0.25) is 0 Å². The van der Waals surface area contributed by atoms with Crippen LogP contribution in [-0.4, -0.2) is 32.2 Å². The molecule has 0 aliphatic carbocycles. The van der Waals surface area contributed by atoms with Crippen LogP contribution in [0.25, 0.3) is 0 Å². The summed E-state index contributed by atoms with van der Waals surface area (Å²) in [4.78, 5) is 11.4. The highest BCUT2D eigenvalue weighted by Gasteiger charge is 2.21. The summed E-state index contributed by atoms with van der Waals surface area (Å²) in [6, 6.07) is -0.0220. The molecule has 1 heterocycles. The van der Waals surface area contributed by atoms with E-state index in [9.17, 15) is 4.79 Å². The first-order chi connectivity index (χ1) is 7.74. The highest BCUT2D eigenvalue weighted by Crippen LogP contribution is 2.17. The summed E-state index contributed by atoms with van der Waals surface area (Å²) in [6.07, 6.45) is 3.38. The van der Waals surface area contributed by atoms with Crippen molar-refractivity contribution < 1.29 is 4.79 Å². The van der Waals surface area contributed by atoms with E-state index in [0.717, 1.165) is 39.0 Å². The third-order valence-corrected chi connectivity index (χ3v) is 3.33. The van der Waals surface area contributed by atoms with Crippen LogP contribution in [-0.2, 0) is 0 Å². The summed E-state index contributed by atoms with van der Waals surface area (Å²) >= 11 is 0. The molecule has 94 valence electrons. The van der Waals surface area contributed by atoms with Gasteiger partial charge in [0.2, 0.25) is 0 Å². The van der Waals surface area contributed by atoms with Gasteiger partial charge in [-0.25, -0.2) is 4.79 Å². The van der Waals surface area contributed by atoms with Crippen molar-refractivity contribution in [2.45, 2.75) is 33.1 Å². The molecule has 0 aromatic rings. The number of amides is 2. The predicted octanol–water partition coefficient (Wildman–Crippen LogP) is 1.33. The molecule has 2 unspecified atom stereocenters. The fourth-order valence-electron chi connectivity index (χ4n) is 1.99. The summed E-state index contributed by atoms with van der Waals surface area (Å²) < 4.78 is 0. The second-order valence-electron chi connectivity index (χ2n) is 4.72. The van der Waals surface area contributed by atoms with Gasteiger partial charge in [-0.05, 0) is 37.8 Å². The lowest BCUT2D eigenvalue weighted by atomic mass is 9.88. The molecule has 16 heavy (non-hydrogen) atoms. The van der Waals surface area contributed by atoms with Crippen LogP contribution >= 0.6 is 0 Å². The van der Waals surface area contributed by atoms with Gasteiger partial charge in [0.05, 0.1) is 0 Å². The zero-order valence-corrected chi connectivity index (χ0v) is 10.5. The first-order valence-electron chi connectivity index (χ1n) is 6.46. The molecule has 1 aliphatic heterocycles. The second kappa shape index (κ2) is 7.49. The van der Waals surface area contributed by atoms with Crippen LogP contribution in [0, 0.1) is 11.8 Å². The number of unbranched alkanes of at least 4 members (excludes halogenated alkanes) is 1. The zero-order valence-electron chi connectivity index (χ0n) is 10.5. The van der Waals surface area contributed by atoms with E-state index in [4.69, 9.17) is 0 Å². The summed E-state index contributed by atoms with van der Waals surface area (Å²) in [6.45, 7) is 8.08. The second-order valence-corrected chi connectivity index (χ2v) is 4.72. The Bertz CT molecular complexity index is 208. The zero-order chi connectivity index (χ0) is 11.8. The molecule has 0 aromatic heterocycles. The van der Waals surface area contributed by atoms with Gasteiger partial charge < -0.3 is 16.0 Å². The topological polar surface area (TPSA) is 53.2 Å². The molecule has 0 saturated carbocycles. The van der Waals surface area contributed by atoms with Gasteiger partial charge in [0.15, 0.2) is 0 Å². The predicted molar refractivity (Wildman–Crippen MR) is 66.5 cm³/mol. The maximum atomic E-state index is 11.4. The van der Waals surface area contributed by atoms with Gasteiger partial charge in [-0.15, -0.1) is 0 Å². The van der Waals surface area contributed by atoms with Gasteiger partial charge in [0, 0.05) is 13.1 Å². The first-order valence-corrected chi connectivity index (χ1v) is 6.46. The van der Waals surface area contributed by atoms with Crippen molar-refractivity contribution in [3.05, 3.63) is 0 Å². The van der Waals surface area contributed by atoms with Gasteiger partial charge in [-0.3, -0.25) is 0 Å². The number of carbonyl (C=O) groups is 1. The summed E-state index contributed by atoms with van der Waals surface area (Å²) in [5, 5.41) is 9.19. The molecule has 1 saturated heterocycles. The lowest BCUT2D eigenvalue weighted by Crippen LogP contribution is -2.45. The molecule has 2 atom stereocenters. The number of rotatable bonds is 5. The molecular formula is C12H25N3O. The van der Waals surface area contributed by atoms with Crippen molar-refractivity contribution in [1.29, 1.82) is 0 Å². The van der Waals surface area contributed by atoms with Gasteiger partial charge in [-0.2, -0.15) is 0 Å². The Morgan fingerprint density at radius 1 is 1.44 bits per heavy atom. The molecule has 4 heteroatoms. The average Bonchev–Trinajstić information content (AvgIpc) is 2.28. The third kappa shape index (κ3) is 4.84. The van der Waals surface area contributed by atoms with Gasteiger partial charge in [0.1, 0.15) is 0 Å². The Morgan fingerprint density at radius 2 is 2.25 bits per heavy atom. The number of carbonyl (C=O) groups excluding carboxylic acids is 1. The number of piperidine rings is 1. The van der Waals surface area contributed by atoms with Crippen molar-refractivity contribution in [2.24, 2.45) is 11.8 Å². The molecule has 3 N–H and O–H groups in total. The number of urea groups is 1. The Kier molecular flexibility index (Phi) is 6.23. The summed E-state index contributed by atoms with van der Waals surface area (Å²) in [5.41, 5.74) is 0. The molecule has 0 bridgehead atoms. The molecule has 2 amide bonds. The fourth-order valence-corrected chi connectivity index (χ4v) is 1.99. The monoisotopic (exact) mass is 227 g/mol. The van der Waals surface area contributed by atoms with Crippen LogP contribution < -0.4 is 16.0 Å². The first kappa shape index (κ1) is 13.3. The lowest BCUT2D eigenvalue weighted by molar-refractivity contribution is 0.228. The van der Waals surface area contributed by atoms with Crippen LogP contribution in [0.4, 0.5) is 4.79 Å². The lowest BCUT2D eigenvalue weighted by Gasteiger charge is -2.29. The van der Waals surface area contributed by atoms with Crippen LogP contribution in [0.5, 0.6) is 0 Å². The van der Waals surface area contributed by atoms with Crippen molar-refractivity contribution in [3.8, 4) is 0 Å². The largest absolute Gasteiger partial charge is 0.338 e. The Labute approximate surface area is 98.6 Å². The van der Waals surface area contributed by atoms with Crippen molar-refractivity contribution >= 4 is 6.03 Å². The van der Waals surface area contributed by atoms with Crippen molar-refractivity contribution in [2.75, 3.05) is 26.2 Å². The smallest absolute Gasteiger partial charge is 0.314 e. The minimum absolute atomic E-state index is 0.0220. The summed E-state index contributed by atoms with van der Waals surface area (Å²) in [5.74, 6) is 1.28. The van der Waals surface area contributed by atoms with Gasteiger partial charge >= 0.3 is 6.03 Å². The number of hydrogen-bond acceptors (Lipinski definition) is 2. The van der Waals surface area contributed by atoms with Crippen LogP contribution in [0.15, 0.2) is 0 Å². The van der Waals surface area contributed by atoms with E-state index >= 15 is 0 Å². The van der Waals surface area contributed by atoms with Crippen LogP contribution in [0.1, 0.15) is 33.1 Å². The normalized spacial score (nSPS) is 25.1. The number of nitrogens with one attached hydrogen (secondary N) is 3. The number of hydrogen-bond donors (Lipinski definition) is 3. The van der Waals surface area contributed by atoms with Crippen molar-refractivity contribution in [1.82, 2.24) is 16.0 Å². The van der Waals surface area contributed by atoms with E-state index in [1.165, 1.54) is 6.42 Å². The quantitative estimate of drug-likeness (QED) is 0.621. The Hall–Kier alpha value is -0.770. The molecular weight excluding hydrogens is 202 g/mol. The van der Waals surface area contributed by atoms with E-state index in [2.05, 4.69) is 29.8 Å². The molecule has 4 nitrogen and oxygen atoms in total. The Balaban J connectivity index is 2.10. The van der Waals surface area contributed by atoms with E-state index in [-0.39, 0.29) is 6.03 Å². The average molecular weight is 227 g/mol. The molecule has 1 rings (SSSR count). The van der Waals surface area contributed by atoms with E-state index in [1.807, 2.05) is 0 Å². The molecule has 0 aromatic carbocycles. The maximum Gasteiger partial charge on any atom is 0.314 e. The highest BCUT2D eigenvalue weighted by atomic mass is 16.2. The van der Waals surface area contributed by atoms with Crippen molar-refractivity contribution in [3.63, 3.8) is 0 Å². The van der Waals surface area contributed by atoms with E-state index in [0.29, 0.717) is 11.8 Å². The van der Waals surface area contributed by atoms with Crippen LogP contribution in [0.3, 0.4) is 0 Å². The standard InChI is InChI=1S/C12H25N3O/c1-3-4-6-14-12(16)15-9-11-8-13-7-5-10(11)2/h10-11,13H,3-9H2,1-2H3,(H2,14,15,16). The molecule has 0 radical (unpaired) electrons. The Morgan fingerprint density at radius 3 is 2.94 bits per heavy atom.